The van der Waals surface area contributed by atoms with E-state index in [4.69, 9.17) is 4.43 Å². The van der Waals surface area contributed by atoms with Gasteiger partial charge in [0.1, 0.15) is 16.1 Å². The Morgan fingerprint density at radius 1 is 0.500 bits per heavy atom. The molecule has 0 saturated carbocycles. The molecule has 1 nitrogen and oxygen atoms in total. The van der Waals surface area contributed by atoms with Crippen LogP contribution in [-0.2, 0) is 10.0 Å². The van der Waals surface area contributed by atoms with Crippen molar-refractivity contribution in [2.24, 2.45) is 0 Å². The molecule has 0 spiro atoms. The maximum atomic E-state index is 6.62. The van der Waals surface area contributed by atoms with Gasteiger partial charge in [0.15, 0.2) is 0 Å². The van der Waals surface area contributed by atoms with Crippen LogP contribution in [0.3, 0.4) is 0 Å². The van der Waals surface area contributed by atoms with Crippen molar-refractivity contribution in [3.8, 4) is 0 Å². The van der Waals surface area contributed by atoms with Crippen LogP contribution in [0.2, 0.25) is 0 Å². The standard InChI is InChI=1S/C26H24OSi/c28-27-26(23-17-9-3-10-18-23,24-19-11-4-12-20-24)25(21-13-5-1-6-14-21)22-15-7-2-8-16-22/h1-20,25H,28H3. The predicted molar refractivity (Wildman–Crippen MR) is 119 cm³/mol. The van der Waals surface area contributed by atoms with E-state index in [0.717, 1.165) is 0 Å². The van der Waals surface area contributed by atoms with Gasteiger partial charge in [0.25, 0.3) is 0 Å². The van der Waals surface area contributed by atoms with Gasteiger partial charge in [-0.05, 0) is 22.3 Å². The summed E-state index contributed by atoms with van der Waals surface area (Å²) in [7, 11) is 0.616. The minimum atomic E-state index is -0.586. The number of benzene rings is 4. The minimum Gasteiger partial charge on any atom is -0.414 e. The van der Waals surface area contributed by atoms with Gasteiger partial charge >= 0.3 is 0 Å². The fourth-order valence-electron chi connectivity index (χ4n) is 4.18. The Morgan fingerprint density at radius 3 is 1.14 bits per heavy atom. The van der Waals surface area contributed by atoms with Crippen LogP contribution >= 0.6 is 0 Å². The molecule has 0 aliphatic heterocycles. The Kier molecular flexibility index (Phi) is 5.52. The van der Waals surface area contributed by atoms with Gasteiger partial charge in [-0.2, -0.15) is 0 Å². The maximum Gasteiger partial charge on any atom is 0.147 e. The van der Waals surface area contributed by atoms with Crippen molar-refractivity contribution in [3.63, 3.8) is 0 Å². The molecule has 4 aromatic rings. The molecule has 0 amide bonds. The van der Waals surface area contributed by atoms with E-state index in [1.54, 1.807) is 0 Å². The normalized spacial score (nSPS) is 11.6. The molecular formula is C26H24OSi. The predicted octanol–water partition coefficient (Wildman–Crippen LogP) is 5.06. The summed E-state index contributed by atoms with van der Waals surface area (Å²) in [6, 6.07) is 42.7. The van der Waals surface area contributed by atoms with Crippen molar-refractivity contribution in [2.45, 2.75) is 11.5 Å². The summed E-state index contributed by atoms with van der Waals surface area (Å²) in [4.78, 5) is 0. The summed E-state index contributed by atoms with van der Waals surface area (Å²) < 4.78 is 6.62. The van der Waals surface area contributed by atoms with Crippen LogP contribution in [-0.4, -0.2) is 10.5 Å². The van der Waals surface area contributed by atoms with Gasteiger partial charge in [-0.3, -0.25) is 0 Å². The molecule has 0 radical (unpaired) electrons. The number of rotatable bonds is 6. The summed E-state index contributed by atoms with van der Waals surface area (Å²) >= 11 is 0. The van der Waals surface area contributed by atoms with Crippen molar-refractivity contribution in [1.82, 2.24) is 0 Å². The lowest BCUT2D eigenvalue weighted by atomic mass is 9.70. The number of hydrogen-bond acceptors (Lipinski definition) is 1. The lowest BCUT2D eigenvalue weighted by molar-refractivity contribution is 0.105. The van der Waals surface area contributed by atoms with Crippen molar-refractivity contribution in [3.05, 3.63) is 144 Å². The molecular weight excluding hydrogens is 356 g/mol. The van der Waals surface area contributed by atoms with Gasteiger partial charge in [0, 0.05) is 5.92 Å². The zero-order valence-electron chi connectivity index (χ0n) is 16.0. The van der Waals surface area contributed by atoms with Crippen LogP contribution in [0.4, 0.5) is 0 Å². The van der Waals surface area contributed by atoms with Crippen molar-refractivity contribution in [1.29, 1.82) is 0 Å². The Hall–Kier alpha value is -2.94. The summed E-state index contributed by atoms with van der Waals surface area (Å²) in [6.07, 6.45) is 0. The van der Waals surface area contributed by atoms with Crippen molar-refractivity contribution < 1.29 is 4.43 Å². The lowest BCUT2D eigenvalue weighted by Gasteiger charge is -2.42. The van der Waals surface area contributed by atoms with E-state index in [1.165, 1.54) is 22.3 Å². The second-order valence-electron chi connectivity index (χ2n) is 6.93. The first-order valence-electron chi connectivity index (χ1n) is 9.62. The Balaban J connectivity index is 2.05. The van der Waals surface area contributed by atoms with E-state index in [-0.39, 0.29) is 5.92 Å². The molecule has 0 aliphatic carbocycles. The molecule has 0 atom stereocenters. The molecule has 0 heterocycles. The third kappa shape index (κ3) is 3.33. The first kappa shape index (κ1) is 18.4. The van der Waals surface area contributed by atoms with E-state index in [2.05, 4.69) is 121 Å². The molecule has 28 heavy (non-hydrogen) atoms. The Morgan fingerprint density at radius 2 is 0.821 bits per heavy atom. The molecule has 4 rings (SSSR count). The van der Waals surface area contributed by atoms with Gasteiger partial charge in [0.05, 0.1) is 0 Å². The van der Waals surface area contributed by atoms with E-state index < -0.39 is 5.60 Å². The smallest absolute Gasteiger partial charge is 0.147 e. The van der Waals surface area contributed by atoms with Crippen LogP contribution < -0.4 is 0 Å². The topological polar surface area (TPSA) is 9.23 Å². The minimum absolute atomic E-state index is 0.0391. The van der Waals surface area contributed by atoms with Crippen LogP contribution in [0.1, 0.15) is 28.2 Å². The van der Waals surface area contributed by atoms with E-state index in [9.17, 15) is 0 Å². The third-order valence-electron chi connectivity index (χ3n) is 5.40. The highest BCUT2D eigenvalue weighted by Gasteiger charge is 2.43. The highest BCUT2D eigenvalue weighted by Crippen LogP contribution is 2.48. The van der Waals surface area contributed by atoms with Crippen LogP contribution in [0.5, 0.6) is 0 Å². The van der Waals surface area contributed by atoms with Crippen molar-refractivity contribution in [2.75, 3.05) is 0 Å². The Bertz CT molecular complexity index is 907. The fraction of sp³-hybridized carbons (Fsp3) is 0.0769. The van der Waals surface area contributed by atoms with E-state index in [0.29, 0.717) is 10.5 Å². The average Bonchev–Trinajstić information content (AvgIpc) is 2.80. The van der Waals surface area contributed by atoms with Crippen molar-refractivity contribution >= 4 is 10.5 Å². The summed E-state index contributed by atoms with van der Waals surface area (Å²) in [5.74, 6) is 0.0391. The van der Waals surface area contributed by atoms with Gasteiger partial charge in [-0.25, -0.2) is 0 Å². The molecule has 0 aliphatic rings. The van der Waals surface area contributed by atoms with E-state index in [1.807, 2.05) is 0 Å². The SMILES string of the molecule is [SiH3]OC(c1ccccc1)(c1ccccc1)C(c1ccccc1)c1ccccc1. The van der Waals surface area contributed by atoms with Gasteiger partial charge in [-0.15, -0.1) is 0 Å². The number of hydrogen-bond donors (Lipinski definition) is 0. The summed E-state index contributed by atoms with van der Waals surface area (Å²) in [5, 5.41) is 0. The monoisotopic (exact) mass is 380 g/mol. The first-order valence-corrected chi connectivity index (χ1v) is 10.4. The largest absolute Gasteiger partial charge is 0.414 e. The van der Waals surface area contributed by atoms with Gasteiger partial charge < -0.3 is 4.43 Å². The molecule has 4 aromatic carbocycles. The van der Waals surface area contributed by atoms with E-state index >= 15 is 0 Å². The van der Waals surface area contributed by atoms with Gasteiger partial charge in [0.2, 0.25) is 0 Å². The first-order chi connectivity index (χ1) is 13.9. The molecule has 0 saturated heterocycles. The molecule has 2 heteroatoms. The quantitative estimate of drug-likeness (QED) is 0.425. The zero-order valence-corrected chi connectivity index (χ0v) is 18.0. The molecule has 0 unspecified atom stereocenters. The highest BCUT2D eigenvalue weighted by molar-refractivity contribution is 5.98. The van der Waals surface area contributed by atoms with Crippen LogP contribution in [0.25, 0.3) is 0 Å². The second-order valence-corrected chi connectivity index (χ2v) is 7.33. The maximum absolute atomic E-state index is 6.62. The average molecular weight is 381 g/mol. The third-order valence-corrected chi connectivity index (χ3v) is 6.04. The summed E-state index contributed by atoms with van der Waals surface area (Å²) in [6.45, 7) is 0. The highest BCUT2D eigenvalue weighted by atomic mass is 28.2. The lowest BCUT2D eigenvalue weighted by Crippen LogP contribution is -2.38. The molecule has 0 aromatic heterocycles. The second kappa shape index (κ2) is 8.38. The molecule has 138 valence electrons. The molecule has 0 N–H and O–H groups in total. The molecule has 0 bridgehead atoms. The Labute approximate surface area is 170 Å². The molecule has 0 fully saturated rings. The van der Waals surface area contributed by atoms with Gasteiger partial charge in [-0.1, -0.05) is 121 Å². The summed E-state index contributed by atoms with van der Waals surface area (Å²) in [5.41, 5.74) is 4.26. The zero-order chi connectivity index (χ0) is 19.2. The van der Waals surface area contributed by atoms with Crippen LogP contribution in [0.15, 0.2) is 121 Å². The fourth-order valence-corrected chi connectivity index (χ4v) is 4.89. The van der Waals surface area contributed by atoms with Crippen LogP contribution in [0, 0.1) is 0 Å².